The largest absolute Gasteiger partial charge is 0.493 e. The minimum absolute atomic E-state index is 0.578. The van der Waals surface area contributed by atoms with Crippen molar-refractivity contribution in [3.05, 3.63) is 53.0 Å². The normalized spacial score (nSPS) is 12.4. The summed E-state index contributed by atoms with van der Waals surface area (Å²) in [5.41, 5.74) is 2.70. The molecule has 1 atom stereocenters. The smallest absolute Gasteiger partial charge is 0.125 e. The molecule has 0 radical (unpaired) electrons. The first-order chi connectivity index (χ1) is 9.17. The molecule has 3 nitrogen and oxygen atoms in total. The second kappa shape index (κ2) is 5.93. The van der Waals surface area contributed by atoms with E-state index in [1.54, 1.807) is 6.26 Å². The third-order valence-corrected chi connectivity index (χ3v) is 3.16. The summed E-state index contributed by atoms with van der Waals surface area (Å²) in [5.74, 6) is 1.54. The highest BCUT2D eigenvalue weighted by Crippen LogP contribution is 2.33. The van der Waals surface area contributed by atoms with Crippen molar-refractivity contribution in [2.45, 2.75) is 33.3 Å². The van der Waals surface area contributed by atoms with Gasteiger partial charge in [-0.05, 0) is 32.0 Å². The Morgan fingerprint density at radius 1 is 1.21 bits per heavy atom. The van der Waals surface area contributed by atoms with Gasteiger partial charge in [0.25, 0.3) is 0 Å². The molecular formula is C16H20O3. The molecule has 1 aromatic carbocycles. The molecule has 0 fully saturated rings. The fourth-order valence-electron chi connectivity index (χ4n) is 2.22. The first-order valence-electron chi connectivity index (χ1n) is 6.65. The van der Waals surface area contributed by atoms with E-state index in [0.717, 1.165) is 34.6 Å². The van der Waals surface area contributed by atoms with Crippen molar-refractivity contribution in [2.24, 2.45) is 0 Å². The number of benzene rings is 1. The topological polar surface area (TPSA) is 42.6 Å². The van der Waals surface area contributed by atoms with E-state index in [1.165, 1.54) is 0 Å². The van der Waals surface area contributed by atoms with Crippen LogP contribution in [0.5, 0.6) is 5.75 Å². The molecule has 1 aromatic heterocycles. The average Bonchev–Trinajstić information content (AvgIpc) is 2.88. The fraction of sp³-hybridized carbons (Fsp3) is 0.375. The molecule has 0 bridgehead atoms. The molecule has 102 valence electrons. The molecule has 1 N–H and O–H groups in total. The fourth-order valence-corrected chi connectivity index (χ4v) is 2.22. The predicted octanol–water partition coefficient (Wildman–Crippen LogP) is 3.63. The Bertz CT molecular complexity index is 543. The molecule has 1 heterocycles. The van der Waals surface area contributed by atoms with E-state index in [9.17, 15) is 5.11 Å². The molecule has 2 aromatic rings. The van der Waals surface area contributed by atoms with Gasteiger partial charge in [-0.15, -0.1) is 0 Å². The van der Waals surface area contributed by atoms with Crippen molar-refractivity contribution >= 4 is 0 Å². The summed E-state index contributed by atoms with van der Waals surface area (Å²) in [6.45, 7) is 6.52. The summed E-state index contributed by atoms with van der Waals surface area (Å²) in [4.78, 5) is 0. The van der Waals surface area contributed by atoms with Crippen LogP contribution in [-0.4, -0.2) is 11.7 Å². The van der Waals surface area contributed by atoms with Gasteiger partial charge in [0.15, 0.2) is 0 Å². The standard InChI is InChI=1S/C16H20O3/c1-4-14-12(8-9-19-14)16(17)13-10-11(3)6-7-15(13)18-5-2/h6-10,16-17H,4-5H2,1-3H3. The number of ether oxygens (including phenoxy) is 1. The van der Waals surface area contributed by atoms with Crippen LogP contribution in [0.3, 0.4) is 0 Å². The Hall–Kier alpha value is -1.74. The lowest BCUT2D eigenvalue weighted by atomic mass is 9.98. The molecule has 0 saturated heterocycles. The van der Waals surface area contributed by atoms with Gasteiger partial charge in [0, 0.05) is 17.5 Å². The van der Waals surface area contributed by atoms with Crippen LogP contribution in [0, 0.1) is 6.92 Å². The first-order valence-corrected chi connectivity index (χ1v) is 6.65. The average molecular weight is 260 g/mol. The highest BCUT2D eigenvalue weighted by molar-refractivity contribution is 5.43. The number of aliphatic hydroxyl groups excluding tert-OH is 1. The lowest BCUT2D eigenvalue weighted by Gasteiger charge is -2.16. The van der Waals surface area contributed by atoms with Gasteiger partial charge in [-0.1, -0.05) is 18.6 Å². The van der Waals surface area contributed by atoms with Gasteiger partial charge < -0.3 is 14.3 Å². The van der Waals surface area contributed by atoms with Crippen LogP contribution >= 0.6 is 0 Å². The molecule has 1 unspecified atom stereocenters. The maximum atomic E-state index is 10.6. The van der Waals surface area contributed by atoms with Gasteiger partial charge in [-0.2, -0.15) is 0 Å². The lowest BCUT2D eigenvalue weighted by molar-refractivity contribution is 0.209. The summed E-state index contributed by atoms with van der Waals surface area (Å²) in [6, 6.07) is 7.67. The van der Waals surface area contributed by atoms with Crippen LogP contribution in [0.1, 0.15) is 42.4 Å². The monoisotopic (exact) mass is 260 g/mol. The Kier molecular flexibility index (Phi) is 4.27. The maximum Gasteiger partial charge on any atom is 0.125 e. The Morgan fingerprint density at radius 3 is 2.68 bits per heavy atom. The molecule has 0 saturated carbocycles. The Morgan fingerprint density at radius 2 is 2.00 bits per heavy atom. The Labute approximate surface area is 113 Å². The highest BCUT2D eigenvalue weighted by Gasteiger charge is 2.20. The third kappa shape index (κ3) is 2.82. The van der Waals surface area contributed by atoms with Crippen LogP contribution in [-0.2, 0) is 6.42 Å². The zero-order valence-corrected chi connectivity index (χ0v) is 11.6. The SMILES string of the molecule is CCOc1ccc(C)cc1C(O)c1ccoc1CC. The number of rotatable bonds is 5. The molecule has 0 aliphatic heterocycles. The summed E-state index contributed by atoms with van der Waals surface area (Å²) >= 11 is 0. The van der Waals surface area contributed by atoms with Gasteiger partial charge in [-0.25, -0.2) is 0 Å². The second-order valence-electron chi connectivity index (χ2n) is 4.53. The molecule has 3 heteroatoms. The van der Waals surface area contributed by atoms with Crippen LogP contribution in [0.15, 0.2) is 34.9 Å². The summed E-state index contributed by atoms with van der Waals surface area (Å²) in [7, 11) is 0. The molecule has 0 amide bonds. The van der Waals surface area contributed by atoms with Gasteiger partial charge in [0.2, 0.25) is 0 Å². The number of hydrogen-bond acceptors (Lipinski definition) is 3. The van der Waals surface area contributed by atoms with Crippen molar-refractivity contribution in [1.29, 1.82) is 0 Å². The van der Waals surface area contributed by atoms with E-state index in [1.807, 2.05) is 45.0 Å². The minimum atomic E-state index is -0.713. The summed E-state index contributed by atoms with van der Waals surface area (Å²) in [6.07, 6.45) is 1.66. The highest BCUT2D eigenvalue weighted by atomic mass is 16.5. The predicted molar refractivity (Wildman–Crippen MR) is 74.5 cm³/mol. The number of aryl methyl sites for hydroxylation is 2. The van der Waals surface area contributed by atoms with Crippen LogP contribution < -0.4 is 4.74 Å². The van der Waals surface area contributed by atoms with Crippen molar-refractivity contribution in [1.82, 2.24) is 0 Å². The van der Waals surface area contributed by atoms with Crippen LogP contribution in [0.4, 0.5) is 0 Å². The van der Waals surface area contributed by atoms with Gasteiger partial charge in [-0.3, -0.25) is 0 Å². The van der Waals surface area contributed by atoms with E-state index >= 15 is 0 Å². The van der Waals surface area contributed by atoms with E-state index < -0.39 is 6.10 Å². The van der Waals surface area contributed by atoms with E-state index in [0.29, 0.717) is 6.61 Å². The van der Waals surface area contributed by atoms with Crippen LogP contribution in [0.25, 0.3) is 0 Å². The van der Waals surface area contributed by atoms with Gasteiger partial charge in [0.1, 0.15) is 17.6 Å². The zero-order chi connectivity index (χ0) is 13.8. The van der Waals surface area contributed by atoms with E-state index in [2.05, 4.69) is 0 Å². The maximum absolute atomic E-state index is 10.6. The summed E-state index contributed by atoms with van der Waals surface area (Å²) < 4.78 is 11.0. The molecule has 0 aliphatic rings. The van der Waals surface area contributed by atoms with E-state index in [4.69, 9.17) is 9.15 Å². The van der Waals surface area contributed by atoms with Gasteiger partial charge in [0.05, 0.1) is 12.9 Å². The number of furan rings is 1. The third-order valence-electron chi connectivity index (χ3n) is 3.16. The quantitative estimate of drug-likeness (QED) is 0.892. The number of hydrogen-bond donors (Lipinski definition) is 1. The lowest BCUT2D eigenvalue weighted by Crippen LogP contribution is -2.05. The molecule has 0 aliphatic carbocycles. The van der Waals surface area contributed by atoms with Crippen molar-refractivity contribution in [3.63, 3.8) is 0 Å². The van der Waals surface area contributed by atoms with E-state index in [-0.39, 0.29) is 0 Å². The van der Waals surface area contributed by atoms with Crippen molar-refractivity contribution in [3.8, 4) is 5.75 Å². The number of aliphatic hydroxyl groups is 1. The first kappa shape index (κ1) is 13.7. The molecular weight excluding hydrogens is 240 g/mol. The second-order valence-corrected chi connectivity index (χ2v) is 4.53. The zero-order valence-electron chi connectivity index (χ0n) is 11.6. The Balaban J connectivity index is 2.42. The van der Waals surface area contributed by atoms with Crippen molar-refractivity contribution < 1.29 is 14.3 Å². The molecule has 2 rings (SSSR count). The van der Waals surface area contributed by atoms with Gasteiger partial charge >= 0.3 is 0 Å². The molecule has 0 spiro atoms. The molecule has 19 heavy (non-hydrogen) atoms. The summed E-state index contributed by atoms with van der Waals surface area (Å²) in [5, 5.41) is 10.6. The van der Waals surface area contributed by atoms with Crippen molar-refractivity contribution in [2.75, 3.05) is 6.61 Å². The minimum Gasteiger partial charge on any atom is -0.493 e. The van der Waals surface area contributed by atoms with Crippen LogP contribution in [0.2, 0.25) is 0 Å².